The highest BCUT2D eigenvalue weighted by atomic mass is 32.2. The molecule has 0 heterocycles. The number of hydrogen-bond acceptors (Lipinski definition) is 4. The largest absolute Gasteiger partial charge is 0.352 e. The van der Waals surface area contributed by atoms with E-state index in [0.29, 0.717) is 6.42 Å². The van der Waals surface area contributed by atoms with E-state index in [1.807, 2.05) is 38.1 Å². The summed E-state index contributed by atoms with van der Waals surface area (Å²) in [6, 6.07) is 19.7. The highest BCUT2D eigenvalue weighted by Crippen LogP contribution is 2.25. The number of hydrogen-bond donors (Lipinski definition) is 1. The van der Waals surface area contributed by atoms with Crippen LogP contribution in [0, 0.1) is 12.7 Å². The van der Waals surface area contributed by atoms with E-state index in [4.69, 9.17) is 0 Å². The van der Waals surface area contributed by atoms with Crippen molar-refractivity contribution in [2.75, 3.05) is 10.8 Å². The number of aryl methyl sites for hydroxylation is 1. The molecule has 0 radical (unpaired) electrons. The van der Waals surface area contributed by atoms with Crippen LogP contribution in [-0.2, 0) is 26.2 Å². The van der Waals surface area contributed by atoms with Crippen LogP contribution in [0.15, 0.2) is 83.8 Å². The average molecular weight is 566 g/mol. The monoisotopic (exact) mass is 565 g/mol. The van der Waals surface area contributed by atoms with Gasteiger partial charge in [-0.15, -0.1) is 0 Å². The smallest absolute Gasteiger partial charge is 0.264 e. The van der Waals surface area contributed by atoms with Crippen LogP contribution in [0.5, 0.6) is 0 Å². The van der Waals surface area contributed by atoms with Crippen molar-refractivity contribution in [3.8, 4) is 0 Å². The van der Waals surface area contributed by atoms with Gasteiger partial charge in [0.05, 0.1) is 10.6 Å². The number of anilines is 1. The molecular formula is C31H36FN3O4S. The van der Waals surface area contributed by atoms with E-state index in [9.17, 15) is 22.4 Å². The number of rotatable bonds is 11. The SMILES string of the molecule is CCC(C(=O)NC1CCCC1)N(Cc1ccc(C)cc1)C(=O)CN(c1ccc(F)cc1)S(=O)(=O)c1ccccc1. The van der Waals surface area contributed by atoms with Crippen LogP contribution in [-0.4, -0.2) is 43.8 Å². The Morgan fingerprint density at radius 2 is 1.57 bits per heavy atom. The number of carbonyl (C=O) groups excluding carboxylic acids is 2. The summed E-state index contributed by atoms with van der Waals surface area (Å²) in [5.41, 5.74) is 2.03. The Morgan fingerprint density at radius 1 is 0.950 bits per heavy atom. The summed E-state index contributed by atoms with van der Waals surface area (Å²) in [6.45, 7) is 3.39. The molecule has 1 N–H and O–H groups in total. The molecule has 0 spiro atoms. The zero-order chi connectivity index (χ0) is 28.7. The summed E-state index contributed by atoms with van der Waals surface area (Å²) in [5, 5.41) is 3.10. The summed E-state index contributed by atoms with van der Waals surface area (Å²) in [5.74, 6) is -1.30. The fourth-order valence-electron chi connectivity index (χ4n) is 5.03. The first-order chi connectivity index (χ1) is 19.2. The van der Waals surface area contributed by atoms with Crippen molar-refractivity contribution in [2.45, 2.75) is 69.5 Å². The second kappa shape index (κ2) is 13.1. The molecule has 1 atom stereocenters. The van der Waals surface area contributed by atoms with Gasteiger partial charge in [-0.05, 0) is 68.1 Å². The molecular weight excluding hydrogens is 529 g/mol. The average Bonchev–Trinajstić information content (AvgIpc) is 3.46. The summed E-state index contributed by atoms with van der Waals surface area (Å²) < 4.78 is 42.2. The molecule has 7 nitrogen and oxygen atoms in total. The van der Waals surface area contributed by atoms with Gasteiger partial charge < -0.3 is 10.2 Å². The standard InChI is InChI=1S/C31H36FN3O4S/c1-3-29(31(37)33-26-9-7-8-10-26)34(21-24-15-13-23(2)14-16-24)30(36)22-35(27-19-17-25(32)18-20-27)40(38,39)28-11-5-4-6-12-28/h4-6,11-20,26,29H,3,7-10,21-22H2,1-2H3,(H,33,37). The zero-order valence-corrected chi connectivity index (χ0v) is 23.7. The molecule has 212 valence electrons. The van der Waals surface area contributed by atoms with Gasteiger partial charge in [-0.2, -0.15) is 0 Å². The highest BCUT2D eigenvalue weighted by Gasteiger charge is 2.34. The minimum atomic E-state index is -4.18. The highest BCUT2D eigenvalue weighted by molar-refractivity contribution is 7.92. The second-order valence-corrected chi connectivity index (χ2v) is 12.1. The minimum absolute atomic E-state index is 0.00299. The number of halogens is 1. The van der Waals surface area contributed by atoms with E-state index in [2.05, 4.69) is 5.32 Å². The van der Waals surface area contributed by atoms with Gasteiger partial charge in [0.25, 0.3) is 10.0 Å². The van der Waals surface area contributed by atoms with Gasteiger partial charge in [-0.25, -0.2) is 12.8 Å². The Morgan fingerprint density at radius 3 is 2.17 bits per heavy atom. The van der Waals surface area contributed by atoms with E-state index in [1.54, 1.807) is 18.2 Å². The summed E-state index contributed by atoms with van der Waals surface area (Å²) in [7, 11) is -4.18. The first-order valence-electron chi connectivity index (χ1n) is 13.7. The predicted molar refractivity (Wildman–Crippen MR) is 154 cm³/mol. The fourth-order valence-corrected chi connectivity index (χ4v) is 6.47. The number of amides is 2. The zero-order valence-electron chi connectivity index (χ0n) is 22.9. The molecule has 1 fully saturated rings. The van der Waals surface area contributed by atoms with Gasteiger partial charge in [0, 0.05) is 12.6 Å². The molecule has 1 saturated carbocycles. The normalized spacial score (nSPS) is 14.5. The third kappa shape index (κ3) is 7.07. The number of nitrogens with zero attached hydrogens (tertiary/aromatic N) is 2. The number of benzene rings is 3. The van der Waals surface area contributed by atoms with Crippen molar-refractivity contribution in [2.24, 2.45) is 0 Å². The molecule has 0 aromatic heterocycles. The van der Waals surface area contributed by atoms with Crippen molar-refractivity contribution in [1.82, 2.24) is 10.2 Å². The molecule has 1 aliphatic rings. The van der Waals surface area contributed by atoms with Crippen LogP contribution in [0.2, 0.25) is 0 Å². The first kappa shape index (κ1) is 29.3. The van der Waals surface area contributed by atoms with E-state index >= 15 is 0 Å². The molecule has 0 bridgehead atoms. The van der Waals surface area contributed by atoms with Crippen molar-refractivity contribution in [3.05, 3.63) is 95.8 Å². The molecule has 2 amide bonds. The van der Waals surface area contributed by atoms with Crippen LogP contribution in [0.25, 0.3) is 0 Å². The molecule has 9 heteroatoms. The molecule has 0 aliphatic heterocycles. The van der Waals surface area contributed by atoms with Crippen LogP contribution in [0.1, 0.15) is 50.2 Å². The maximum atomic E-state index is 14.1. The van der Waals surface area contributed by atoms with E-state index in [0.717, 1.165) is 53.2 Å². The molecule has 3 aromatic carbocycles. The molecule has 0 saturated heterocycles. The Hall–Kier alpha value is -3.72. The topological polar surface area (TPSA) is 86.8 Å². The maximum absolute atomic E-state index is 14.1. The lowest BCUT2D eigenvalue weighted by Gasteiger charge is -2.33. The number of sulfonamides is 1. The van der Waals surface area contributed by atoms with Crippen molar-refractivity contribution in [1.29, 1.82) is 0 Å². The van der Waals surface area contributed by atoms with Gasteiger partial charge >= 0.3 is 0 Å². The molecule has 1 aliphatic carbocycles. The van der Waals surface area contributed by atoms with E-state index in [-0.39, 0.29) is 29.1 Å². The molecule has 3 aromatic rings. The van der Waals surface area contributed by atoms with Crippen LogP contribution in [0.3, 0.4) is 0 Å². The van der Waals surface area contributed by atoms with E-state index in [1.165, 1.54) is 29.2 Å². The Labute approximate surface area is 236 Å². The fraction of sp³-hybridized carbons (Fsp3) is 0.355. The summed E-state index contributed by atoms with van der Waals surface area (Å²) in [4.78, 5) is 29.0. The van der Waals surface area contributed by atoms with E-state index < -0.39 is 34.3 Å². The van der Waals surface area contributed by atoms with Crippen molar-refractivity contribution < 1.29 is 22.4 Å². The minimum Gasteiger partial charge on any atom is -0.352 e. The van der Waals surface area contributed by atoms with Gasteiger partial charge in [0.2, 0.25) is 11.8 Å². The molecule has 40 heavy (non-hydrogen) atoms. The Bertz CT molecular complexity index is 1390. The van der Waals surface area contributed by atoms with Gasteiger partial charge in [-0.3, -0.25) is 13.9 Å². The molecule has 1 unspecified atom stereocenters. The maximum Gasteiger partial charge on any atom is 0.264 e. The van der Waals surface area contributed by atoms with Crippen LogP contribution < -0.4 is 9.62 Å². The lowest BCUT2D eigenvalue weighted by Crippen LogP contribution is -2.53. The summed E-state index contributed by atoms with van der Waals surface area (Å²) in [6.07, 6.45) is 4.27. The number of carbonyl (C=O) groups is 2. The van der Waals surface area contributed by atoms with Gasteiger partial charge in [0.15, 0.2) is 0 Å². The Kier molecular flexibility index (Phi) is 9.58. The predicted octanol–water partition coefficient (Wildman–Crippen LogP) is 5.20. The molecule has 4 rings (SSSR count). The van der Waals surface area contributed by atoms with Crippen molar-refractivity contribution in [3.63, 3.8) is 0 Å². The number of nitrogens with one attached hydrogen (secondary N) is 1. The van der Waals surface area contributed by atoms with Crippen LogP contribution >= 0.6 is 0 Å². The second-order valence-electron chi connectivity index (χ2n) is 10.2. The quantitative estimate of drug-likeness (QED) is 0.347. The first-order valence-corrected chi connectivity index (χ1v) is 15.1. The summed E-state index contributed by atoms with van der Waals surface area (Å²) >= 11 is 0. The third-order valence-corrected chi connectivity index (χ3v) is 9.07. The van der Waals surface area contributed by atoms with Gasteiger partial charge in [0.1, 0.15) is 18.4 Å². The lowest BCUT2D eigenvalue weighted by atomic mass is 10.1. The van der Waals surface area contributed by atoms with Crippen LogP contribution in [0.4, 0.5) is 10.1 Å². The Balaban J connectivity index is 1.69. The van der Waals surface area contributed by atoms with Gasteiger partial charge in [-0.1, -0.05) is 67.8 Å². The third-order valence-electron chi connectivity index (χ3n) is 7.29. The lowest BCUT2D eigenvalue weighted by molar-refractivity contribution is -0.140. The van der Waals surface area contributed by atoms with Crippen molar-refractivity contribution >= 4 is 27.5 Å².